The second-order valence-electron chi connectivity index (χ2n) is 8.08. The molecule has 2 heterocycles. The summed E-state index contributed by atoms with van der Waals surface area (Å²) < 4.78 is 5.09. The topological polar surface area (TPSA) is 65.1 Å². The largest absolute Gasteiger partial charge is 0.450 e. The normalized spacial score (nSPS) is 23.7. The smallest absolute Gasteiger partial charge is 0.409 e. The predicted octanol–water partition coefficient (Wildman–Crippen LogP) is 2.66. The fourth-order valence-corrected chi connectivity index (χ4v) is 4.61. The van der Waals surface area contributed by atoms with Crippen LogP contribution in [-0.2, 0) is 4.74 Å². The molecule has 0 radical (unpaired) electrons. The Morgan fingerprint density at radius 1 is 0.852 bits per heavy atom. The van der Waals surface area contributed by atoms with Crippen molar-refractivity contribution >= 4 is 12.1 Å². The van der Waals surface area contributed by atoms with E-state index in [-0.39, 0.29) is 12.1 Å². The van der Waals surface area contributed by atoms with Crippen LogP contribution in [0.2, 0.25) is 0 Å². The van der Waals surface area contributed by atoms with E-state index in [4.69, 9.17) is 4.74 Å². The van der Waals surface area contributed by atoms with Crippen molar-refractivity contribution < 1.29 is 14.3 Å². The van der Waals surface area contributed by atoms with Crippen LogP contribution in [0.1, 0.15) is 58.3 Å². The number of piperidine rings is 1. The maximum atomic E-state index is 12.6. The lowest BCUT2D eigenvalue weighted by Crippen LogP contribution is -2.57. The molecule has 0 spiro atoms. The number of likely N-dealkylation sites (tertiary alicyclic amines) is 1. The Balaban J connectivity index is 1.37. The summed E-state index contributed by atoms with van der Waals surface area (Å²) in [6.45, 7) is 7.29. The number of carbonyl (C=O) groups excluding carboxylic acids is 2. The second-order valence-corrected chi connectivity index (χ2v) is 8.08. The zero-order valence-corrected chi connectivity index (χ0v) is 16.8. The van der Waals surface area contributed by atoms with Gasteiger partial charge in [0.2, 0.25) is 0 Å². The van der Waals surface area contributed by atoms with Gasteiger partial charge in [-0.2, -0.15) is 0 Å². The monoisotopic (exact) mass is 380 g/mol. The molecule has 0 aromatic heterocycles. The van der Waals surface area contributed by atoms with Crippen molar-refractivity contribution in [3.8, 4) is 0 Å². The first kappa shape index (κ1) is 20.2. The zero-order valence-electron chi connectivity index (χ0n) is 16.8. The quantitative estimate of drug-likeness (QED) is 0.765. The third-order valence-corrected chi connectivity index (χ3v) is 6.29. The van der Waals surface area contributed by atoms with Gasteiger partial charge in [-0.1, -0.05) is 25.7 Å². The number of carbonyl (C=O) groups is 2. The highest BCUT2D eigenvalue weighted by atomic mass is 16.6. The molecular formula is C20H36N4O3. The highest BCUT2D eigenvalue weighted by molar-refractivity contribution is 5.74. The van der Waals surface area contributed by atoms with Crippen molar-refractivity contribution in [3.05, 3.63) is 0 Å². The van der Waals surface area contributed by atoms with Crippen LogP contribution in [0.5, 0.6) is 0 Å². The van der Waals surface area contributed by atoms with Crippen LogP contribution < -0.4 is 5.32 Å². The van der Waals surface area contributed by atoms with E-state index < -0.39 is 0 Å². The first-order valence-electron chi connectivity index (χ1n) is 10.9. The fraction of sp³-hybridized carbons (Fsp3) is 0.900. The van der Waals surface area contributed by atoms with Crippen LogP contribution in [0.3, 0.4) is 0 Å². The lowest BCUT2D eigenvalue weighted by atomic mass is 10.0. The number of hydrogen-bond donors (Lipinski definition) is 1. The first-order valence-corrected chi connectivity index (χ1v) is 10.9. The molecule has 7 nitrogen and oxygen atoms in total. The Morgan fingerprint density at radius 2 is 1.48 bits per heavy atom. The molecule has 7 heteroatoms. The Hall–Kier alpha value is -1.50. The third-order valence-electron chi connectivity index (χ3n) is 6.29. The molecule has 154 valence electrons. The third kappa shape index (κ3) is 5.74. The second kappa shape index (κ2) is 10.2. The maximum absolute atomic E-state index is 12.6. The number of ether oxygens (including phenoxy) is 1. The summed E-state index contributed by atoms with van der Waals surface area (Å²) in [6.07, 6.45) is 9.15. The Bertz CT molecular complexity index is 478. The van der Waals surface area contributed by atoms with Gasteiger partial charge in [-0.3, -0.25) is 4.90 Å². The van der Waals surface area contributed by atoms with Crippen LogP contribution in [0, 0.1) is 0 Å². The number of piperazine rings is 1. The highest BCUT2D eigenvalue weighted by Gasteiger charge is 2.31. The number of urea groups is 1. The molecule has 3 aliphatic rings. The fourth-order valence-electron chi connectivity index (χ4n) is 4.61. The minimum atomic E-state index is -0.184. The molecule has 2 aliphatic heterocycles. The van der Waals surface area contributed by atoms with E-state index >= 15 is 0 Å². The van der Waals surface area contributed by atoms with Crippen LogP contribution >= 0.6 is 0 Å². The minimum Gasteiger partial charge on any atom is -0.450 e. The highest BCUT2D eigenvalue weighted by Crippen LogP contribution is 2.20. The van der Waals surface area contributed by atoms with Crippen molar-refractivity contribution in [1.29, 1.82) is 0 Å². The zero-order chi connectivity index (χ0) is 19.1. The number of rotatable bonds is 3. The maximum Gasteiger partial charge on any atom is 0.409 e. The van der Waals surface area contributed by atoms with Gasteiger partial charge in [0.15, 0.2) is 0 Å². The van der Waals surface area contributed by atoms with Gasteiger partial charge in [0.1, 0.15) is 0 Å². The lowest BCUT2D eigenvalue weighted by Gasteiger charge is -2.42. The van der Waals surface area contributed by atoms with Crippen LogP contribution in [-0.4, -0.2) is 84.8 Å². The van der Waals surface area contributed by atoms with E-state index in [1.165, 1.54) is 25.7 Å². The molecule has 1 N–H and O–H groups in total. The van der Waals surface area contributed by atoms with Gasteiger partial charge in [0.05, 0.1) is 6.61 Å². The van der Waals surface area contributed by atoms with E-state index in [0.717, 1.165) is 65.0 Å². The molecule has 0 unspecified atom stereocenters. The predicted molar refractivity (Wildman–Crippen MR) is 105 cm³/mol. The number of hydrogen-bond acceptors (Lipinski definition) is 4. The lowest BCUT2D eigenvalue weighted by molar-refractivity contribution is 0.0564. The van der Waals surface area contributed by atoms with Gasteiger partial charge in [-0.15, -0.1) is 0 Å². The molecule has 27 heavy (non-hydrogen) atoms. The van der Waals surface area contributed by atoms with Gasteiger partial charge in [-0.25, -0.2) is 9.59 Å². The summed E-state index contributed by atoms with van der Waals surface area (Å²) >= 11 is 0. The number of nitrogens with one attached hydrogen (secondary N) is 1. The van der Waals surface area contributed by atoms with Gasteiger partial charge >= 0.3 is 12.1 Å². The summed E-state index contributed by atoms with van der Waals surface area (Å²) in [6, 6.07) is 1.01. The molecule has 3 amide bonds. The Morgan fingerprint density at radius 3 is 2.07 bits per heavy atom. The molecule has 1 saturated carbocycles. The average Bonchev–Trinajstić information content (AvgIpc) is 2.97. The summed E-state index contributed by atoms with van der Waals surface area (Å²) in [5.41, 5.74) is 0. The van der Waals surface area contributed by atoms with E-state index in [1.807, 2.05) is 16.7 Å². The molecule has 1 aliphatic carbocycles. The van der Waals surface area contributed by atoms with Crippen molar-refractivity contribution in [2.75, 3.05) is 45.9 Å². The number of amides is 3. The van der Waals surface area contributed by atoms with Crippen LogP contribution in [0.25, 0.3) is 0 Å². The molecule has 0 bridgehead atoms. The standard InChI is InChI=1S/C20H36N4O3/c1-2-27-20(26)24-11-9-18(10-12-24)22-13-15-23(16-14-22)19(25)21-17-7-5-3-4-6-8-17/h17-18H,2-16H2,1H3,(H,21,25). The van der Waals surface area contributed by atoms with Crippen molar-refractivity contribution in [3.63, 3.8) is 0 Å². The molecule has 0 atom stereocenters. The minimum absolute atomic E-state index is 0.124. The number of nitrogens with zero attached hydrogens (tertiary/aromatic N) is 3. The summed E-state index contributed by atoms with van der Waals surface area (Å²) in [7, 11) is 0. The molecule has 3 fully saturated rings. The van der Waals surface area contributed by atoms with Gasteiger partial charge in [0.25, 0.3) is 0 Å². The summed E-state index contributed by atoms with van der Waals surface area (Å²) in [4.78, 5) is 30.7. The van der Waals surface area contributed by atoms with Gasteiger partial charge in [0, 0.05) is 51.4 Å². The van der Waals surface area contributed by atoms with Crippen molar-refractivity contribution in [2.24, 2.45) is 0 Å². The Labute approximate surface area is 163 Å². The van der Waals surface area contributed by atoms with Crippen LogP contribution in [0.4, 0.5) is 9.59 Å². The van der Waals surface area contributed by atoms with Crippen molar-refractivity contribution in [2.45, 2.75) is 70.4 Å². The van der Waals surface area contributed by atoms with E-state index in [1.54, 1.807) is 0 Å². The Kier molecular flexibility index (Phi) is 7.61. The molecule has 3 rings (SSSR count). The summed E-state index contributed by atoms with van der Waals surface area (Å²) in [5, 5.41) is 3.26. The summed E-state index contributed by atoms with van der Waals surface area (Å²) in [5.74, 6) is 0. The molecule has 2 saturated heterocycles. The molecular weight excluding hydrogens is 344 g/mol. The first-order chi connectivity index (χ1) is 13.2. The van der Waals surface area contributed by atoms with Crippen molar-refractivity contribution in [1.82, 2.24) is 20.0 Å². The van der Waals surface area contributed by atoms with E-state index in [0.29, 0.717) is 18.7 Å². The SMILES string of the molecule is CCOC(=O)N1CCC(N2CCN(C(=O)NC3CCCCCC3)CC2)CC1. The average molecular weight is 381 g/mol. The van der Waals surface area contributed by atoms with E-state index in [9.17, 15) is 9.59 Å². The molecule has 0 aromatic rings. The molecule has 0 aromatic carbocycles. The van der Waals surface area contributed by atoms with Gasteiger partial charge in [-0.05, 0) is 32.6 Å². The van der Waals surface area contributed by atoms with Gasteiger partial charge < -0.3 is 19.9 Å². The van der Waals surface area contributed by atoms with E-state index in [2.05, 4.69) is 10.2 Å². The van der Waals surface area contributed by atoms with Crippen LogP contribution in [0.15, 0.2) is 0 Å².